The molecule has 0 heterocycles. The maximum absolute atomic E-state index is 14.0. The molecule has 19 heavy (non-hydrogen) atoms. The third-order valence-corrected chi connectivity index (χ3v) is 3.17. The lowest BCUT2D eigenvalue weighted by Gasteiger charge is -2.09. The fourth-order valence-electron chi connectivity index (χ4n) is 1.46. The van der Waals surface area contributed by atoms with Gasteiger partial charge >= 0.3 is 0 Å². The summed E-state index contributed by atoms with van der Waals surface area (Å²) in [4.78, 5) is 0. The summed E-state index contributed by atoms with van der Waals surface area (Å²) in [6.07, 6.45) is 0. The number of hydrogen-bond acceptors (Lipinski definition) is 3. The summed E-state index contributed by atoms with van der Waals surface area (Å²) in [6, 6.07) is 13.1. The molecule has 0 unspecified atom stereocenters. The molecule has 0 aliphatic carbocycles. The molecule has 5 heteroatoms. The molecule has 0 aromatic heterocycles. The molecule has 2 rings (SSSR count). The van der Waals surface area contributed by atoms with Gasteiger partial charge in [0.1, 0.15) is 17.9 Å². The van der Waals surface area contributed by atoms with E-state index < -0.39 is 5.82 Å². The Morgan fingerprint density at radius 2 is 1.63 bits per heavy atom. The van der Waals surface area contributed by atoms with Crippen molar-refractivity contribution < 1.29 is 9.13 Å². The predicted octanol–water partition coefficient (Wildman–Crippen LogP) is 4.12. The quantitative estimate of drug-likeness (QED) is 0.837. The van der Waals surface area contributed by atoms with Crippen LogP contribution < -0.4 is 4.74 Å². The molecule has 0 atom stereocenters. The van der Waals surface area contributed by atoms with Crippen LogP contribution in [0.4, 0.5) is 4.39 Å². The number of nitrogens with zero attached hydrogens (tertiary/aromatic N) is 2. The monoisotopic (exact) mass is 316 g/mol. The second-order valence-electron chi connectivity index (χ2n) is 3.56. The van der Waals surface area contributed by atoms with Crippen LogP contribution in [-0.2, 0) is 0 Å². The Bertz CT molecular complexity index is 716. The molecule has 0 N–H and O–H groups in total. The lowest BCUT2D eigenvalue weighted by atomic mass is 10.2. The van der Waals surface area contributed by atoms with Crippen molar-refractivity contribution in [3.63, 3.8) is 0 Å². The average Bonchev–Trinajstić information content (AvgIpc) is 2.45. The Morgan fingerprint density at radius 1 is 0.947 bits per heavy atom. The fourth-order valence-corrected chi connectivity index (χ4v) is 1.88. The molecule has 0 fully saturated rings. The Labute approximate surface area is 117 Å². The lowest BCUT2D eigenvalue weighted by molar-refractivity contribution is 0.439. The number of rotatable bonds is 2. The van der Waals surface area contributed by atoms with Gasteiger partial charge in [0, 0.05) is 0 Å². The molecule has 0 amide bonds. The molecule has 0 aliphatic heterocycles. The lowest BCUT2D eigenvalue weighted by Crippen LogP contribution is -1.93. The highest BCUT2D eigenvalue weighted by molar-refractivity contribution is 9.10. The van der Waals surface area contributed by atoms with Gasteiger partial charge in [-0.05, 0) is 40.2 Å². The van der Waals surface area contributed by atoms with E-state index in [0.29, 0.717) is 5.56 Å². The first-order chi connectivity index (χ1) is 9.17. The highest BCUT2D eigenvalue weighted by atomic mass is 79.9. The third kappa shape index (κ3) is 2.57. The Morgan fingerprint density at radius 3 is 2.32 bits per heavy atom. The van der Waals surface area contributed by atoms with Crippen molar-refractivity contribution in [1.29, 1.82) is 10.5 Å². The highest BCUT2D eigenvalue weighted by Crippen LogP contribution is 2.32. The molecule has 0 saturated heterocycles. The number of nitriles is 2. The Hall–Kier alpha value is -2.37. The van der Waals surface area contributed by atoms with E-state index >= 15 is 0 Å². The van der Waals surface area contributed by atoms with Crippen molar-refractivity contribution in [1.82, 2.24) is 0 Å². The minimum Gasteiger partial charge on any atom is -0.453 e. The van der Waals surface area contributed by atoms with E-state index in [4.69, 9.17) is 15.3 Å². The highest BCUT2D eigenvalue weighted by Gasteiger charge is 2.14. The molecule has 3 nitrogen and oxygen atoms in total. The zero-order valence-corrected chi connectivity index (χ0v) is 11.1. The van der Waals surface area contributed by atoms with E-state index in [1.54, 1.807) is 24.3 Å². The van der Waals surface area contributed by atoms with E-state index in [9.17, 15) is 4.39 Å². The smallest absolute Gasteiger partial charge is 0.181 e. The first-order valence-corrected chi connectivity index (χ1v) is 6.01. The molecule has 0 radical (unpaired) electrons. The molecule has 0 spiro atoms. The normalized spacial score (nSPS) is 9.47. The van der Waals surface area contributed by atoms with Crippen molar-refractivity contribution in [2.24, 2.45) is 0 Å². The van der Waals surface area contributed by atoms with Crippen LogP contribution in [0.15, 0.2) is 40.9 Å². The van der Waals surface area contributed by atoms with E-state index in [0.717, 1.165) is 0 Å². The second kappa shape index (κ2) is 5.51. The summed E-state index contributed by atoms with van der Waals surface area (Å²) in [7, 11) is 0. The van der Waals surface area contributed by atoms with Crippen LogP contribution in [0.3, 0.4) is 0 Å². The minimum absolute atomic E-state index is 0.0435. The van der Waals surface area contributed by atoms with Gasteiger partial charge in [0.15, 0.2) is 11.6 Å². The van der Waals surface area contributed by atoms with Crippen LogP contribution >= 0.6 is 15.9 Å². The number of hydrogen-bond donors (Lipinski definition) is 0. The van der Waals surface area contributed by atoms with Crippen LogP contribution in [-0.4, -0.2) is 0 Å². The summed E-state index contributed by atoms with van der Waals surface area (Å²) in [6.45, 7) is 0. The van der Waals surface area contributed by atoms with Crippen molar-refractivity contribution in [2.75, 3.05) is 0 Å². The standard InChI is InChI=1S/C14H6BrFN2O/c15-13-10(8-18)5-6-12(14(13)16)19-11-4-2-1-3-9(11)7-17/h1-6H. The second-order valence-corrected chi connectivity index (χ2v) is 4.35. The molecule has 2 aromatic carbocycles. The SMILES string of the molecule is N#Cc1ccccc1Oc1ccc(C#N)c(Br)c1F. The molecule has 0 aliphatic rings. The van der Waals surface area contributed by atoms with Crippen LogP contribution in [0.2, 0.25) is 0 Å². The molecule has 92 valence electrons. The maximum atomic E-state index is 14.0. The van der Waals surface area contributed by atoms with Crippen LogP contribution in [0, 0.1) is 28.5 Å². The van der Waals surface area contributed by atoms with E-state index in [-0.39, 0.29) is 21.5 Å². The van der Waals surface area contributed by atoms with Gasteiger partial charge in [0.25, 0.3) is 0 Å². The van der Waals surface area contributed by atoms with Crippen molar-refractivity contribution in [3.05, 3.63) is 57.8 Å². The van der Waals surface area contributed by atoms with E-state index in [1.807, 2.05) is 12.1 Å². The zero-order chi connectivity index (χ0) is 13.8. The zero-order valence-electron chi connectivity index (χ0n) is 9.52. The van der Waals surface area contributed by atoms with E-state index in [1.165, 1.54) is 12.1 Å². The van der Waals surface area contributed by atoms with E-state index in [2.05, 4.69) is 15.9 Å². The number of ether oxygens (including phenoxy) is 1. The Balaban J connectivity index is 2.43. The van der Waals surface area contributed by atoms with Crippen molar-refractivity contribution >= 4 is 15.9 Å². The van der Waals surface area contributed by atoms with Gasteiger partial charge in [0.05, 0.1) is 15.6 Å². The number of benzene rings is 2. The molecule has 2 aromatic rings. The summed E-state index contributed by atoms with van der Waals surface area (Å²) in [5.74, 6) is -0.458. The molecular weight excluding hydrogens is 311 g/mol. The van der Waals surface area contributed by atoms with Crippen molar-refractivity contribution in [2.45, 2.75) is 0 Å². The first-order valence-electron chi connectivity index (χ1n) is 5.22. The molecule has 0 bridgehead atoms. The van der Waals surface area contributed by atoms with Gasteiger partial charge in [-0.1, -0.05) is 12.1 Å². The predicted molar refractivity (Wildman–Crippen MR) is 70.0 cm³/mol. The topological polar surface area (TPSA) is 56.8 Å². The van der Waals surface area contributed by atoms with Gasteiger partial charge in [-0.3, -0.25) is 0 Å². The number of halogens is 2. The fraction of sp³-hybridized carbons (Fsp3) is 0. The van der Waals surface area contributed by atoms with Gasteiger partial charge in [-0.25, -0.2) is 4.39 Å². The summed E-state index contributed by atoms with van der Waals surface area (Å²) < 4.78 is 19.4. The van der Waals surface area contributed by atoms with Crippen molar-refractivity contribution in [3.8, 4) is 23.6 Å². The average molecular weight is 317 g/mol. The van der Waals surface area contributed by atoms with Gasteiger partial charge in [-0.15, -0.1) is 0 Å². The summed E-state index contributed by atoms with van der Waals surface area (Å²) in [5.41, 5.74) is 0.487. The summed E-state index contributed by atoms with van der Waals surface area (Å²) in [5, 5.41) is 17.7. The largest absolute Gasteiger partial charge is 0.453 e. The van der Waals surface area contributed by atoms with Gasteiger partial charge in [-0.2, -0.15) is 10.5 Å². The summed E-state index contributed by atoms with van der Waals surface area (Å²) >= 11 is 3.00. The Kier molecular flexibility index (Phi) is 3.79. The maximum Gasteiger partial charge on any atom is 0.181 e. The third-order valence-electron chi connectivity index (χ3n) is 2.39. The first kappa shape index (κ1) is 13.1. The van der Waals surface area contributed by atoms with Gasteiger partial charge in [0.2, 0.25) is 0 Å². The number of para-hydroxylation sites is 1. The molecule has 0 saturated carbocycles. The minimum atomic E-state index is -0.674. The van der Waals surface area contributed by atoms with Crippen LogP contribution in [0.1, 0.15) is 11.1 Å². The van der Waals surface area contributed by atoms with Crippen LogP contribution in [0.25, 0.3) is 0 Å². The van der Waals surface area contributed by atoms with Crippen LogP contribution in [0.5, 0.6) is 11.5 Å². The van der Waals surface area contributed by atoms with Gasteiger partial charge < -0.3 is 4.74 Å². The molecular formula is C14H6BrFN2O.